The van der Waals surface area contributed by atoms with Crippen LogP contribution in [0.2, 0.25) is 5.02 Å². The predicted molar refractivity (Wildman–Crippen MR) is 149 cm³/mol. The van der Waals surface area contributed by atoms with E-state index in [1.165, 1.54) is 5.56 Å². The Balaban J connectivity index is 1.24. The summed E-state index contributed by atoms with van der Waals surface area (Å²) in [5, 5.41) is 0.679. The van der Waals surface area contributed by atoms with E-state index in [1.807, 2.05) is 24.3 Å². The van der Waals surface area contributed by atoms with E-state index in [0.29, 0.717) is 24.1 Å². The molecule has 0 bridgehead atoms. The molecule has 3 aromatic carbocycles. The standard InChI is InChI=1S/C31H34ClN3O2/c1-22-7-6-10-28-30(22)33-29(21-37-27-13-11-26(32)12-14-27)35(28)20-15-23(2)31(36)34-18-16-25(17-19-34)24-8-4-3-5-9-24/h3-14,23,25H,15-21H2,1-2H3. The van der Waals surface area contributed by atoms with E-state index in [9.17, 15) is 4.79 Å². The van der Waals surface area contributed by atoms with Gasteiger partial charge in [0.05, 0.1) is 11.0 Å². The molecule has 5 nitrogen and oxygen atoms in total. The van der Waals surface area contributed by atoms with Gasteiger partial charge in [-0.1, -0.05) is 61.0 Å². The van der Waals surface area contributed by atoms with Crippen LogP contribution in [0.15, 0.2) is 72.8 Å². The monoisotopic (exact) mass is 515 g/mol. The van der Waals surface area contributed by atoms with Gasteiger partial charge in [-0.3, -0.25) is 4.79 Å². The first-order valence-electron chi connectivity index (χ1n) is 13.2. The van der Waals surface area contributed by atoms with Crippen LogP contribution in [0.3, 0.4) is 0 Å². The van der Waals surface area contributed by atoms with Crippen LogP contribution in [0.4, 0.5) is 0 Å². The smallest absolute Gasteiger partial charge is 0.225 e. The summed E-state index contributed by atoms with van der Waals surface area (Å²) in [7, 11) is 0. The van der Waals surface area contributed by atoms with Crippen LogP contribution >= 0.6 is 11.6 Å². The quantitative estimate of drug-likeness (QED) is 0.253. The highest BCUT2D eigenvalue weighted by atomic mass is 35.5. The molecule has 2 heterocycles. The lowest BCUT2D eigenvalue weighted by Gasteiger charge is -2.34. The van der Waals surface area contributed by atoms with Gasteiger partial charge in [0.2, 0.25) is 5.91 Å². The van der Waals surface area contributed by atoms with E-state index < -0.39 is 0 Å². The lowest BCUT2D eigenvalue weighted by atomic mass is 9.89. The SMILES string of the molecule is Cc1cccc2c1nc(COc1ccc(Cl)cc1)n2CCC(C)C(=O)N1CCC(c2ccccc2)CC1. The number of halogens is 1. The Morgan fingerprint density at radius 2 is 1.76 bits per heavy atom. The van der Waals surface area contributed by atoms with Gasteiger partial charge in [0, 0.05) is 30.6 Å². The summed E-state index contributed by atoms with van der Waals surface area (Å²) in [5.74, 6) is 2.36. The van der Waals surface area contributed by atoms with Crippen LogP contribution in [-0.4, -0.2) is 33.4 Å². The first-order valence-corrected chi connectivity index (χ1v) is 13.5. The minimum Gasteiger partial charge on any atom is -0.486 e. The summed E-state index contributed by atoms with van der Waals surface area (Å²) in [4.78, 5) is 20.3. The fourth-order valence-electron chi connectivity index (χ4n) is 5.29. The third-order valence-corrected chi connectivity index (χ3v) is 7.78. The van der Waals surface area contributed by atoms with Crippen LogP contribution in [0, 0.1) is 12.8 Å². The number of para-hydroxylation sites is 1. The first kappa shape index (κ1) is 25.3. The van der Waals surface area contributed by atoms with Crippen molar-refractivity contribution in [3.8, 4) is 5.75 Å². The van der Waals surface area contributed by atoms with Crippen molar-refractivity contribution in [2.75, 3.05) is 13.1 Å². The number of nitrogens with zero attached hydrogens (tertiary/aromatic N) is 3. The lowest BCUT2D eigenvalue weighted by Crippen LogP contribution is -2.41. The zero-order chi connectivity index (χ0) is 25.8. The Morgan fingerprint density at radius 1 is 1.03 bits per heavy atom. The summed E-state index contributed by atoms with van der Waals surface area (Å²) in [6, 6.07) is 24.3. The summed E-state index contributed by atoms with van der Waals surface area (Å²) < 4.78 is 8.25. The van der Waals surface area contributed by atoms with E-state index in [-0.39, 0.29) is 11.8 Å². The fourth-order valence-corrected chi connectivity index (χ4v) is 5.42. The zero-order valence-electron chi connectivity index (χ0n) is 21.6. The molecule has 1 fully saturated rings. The number of fused-ring (bicyclic) bond motifs is 1. The molecule has 1 amide bonds. The Bertz CT molecular complexity index is 1340. The molecule has 192 valence electrons. The molecule has 6 heteroatoms. The number of piperidine rings is 1. The van der Waals surface area contributed by atoms with Crippen molar-refractivity contribution in [3.63, 3.8) is 0 Å². The maximum Gasteiger partial charge on any atom is 0.225 e. The molecule has 1 unspecified atom stereocenters. The van der Waals surface area contributed by atoms with Gasteiger partial charge in [0.15, 0.2) is 0 Å². The Labute approximate surface area is 224 Å². The Morgan fingerprint density at radius 3 is 2.49 bits per heavy atom. The van der Waals surface area contributed by atoms with Gasteiger partial charge in [-0.25, -0.2) is 4.98 Å². The maximum atomic E-state index is 13.3. The molecule has 0 aliphatic carbocycles. The molecule has 1 aromatic heterocycles. The largest absolute Gasteiger partial charge is 0.486 e. The van der Waals surface area contributed by atoms with Crippen molar-refractivity contribution < 1.29 is 9.53 Å². The van der Waals surface area contributed by atoms with E-state index in [0.717, 1.165) is 60.5 Å². The zero-order valence-corrected chi connectivity index (χ0v) is 22.3. The molecule has 1 atom stereocenters. The summed E-state index contributed by atoms with van der Waals surface area (Å²) in [6.07, 6.45) is 2.81. The summed E-state index contributed by atoms with van der Waals surface area (Å²) in [6.45, 7) is 6.86. The molecule has 5 rings (SSSR count). The minimum absolute atomic E-state index is 0.0550. The van der Waals surface area contributed by atoms with Gasteiger partial charge in [-0.05, 0) is 73.6 Å². The summed E-state index contributed by atoms with van der Waals surface area (Å²) in [5.41, 5.74) is 4.59. The second-order valence-electron chi connectivity index (χ2n) is 10.1. The molecule has 0 saturated carbocycles. The number of hydrogen-bond donors (Lipinski definition) is 0. The van der Waals surface area contributed by atoms with Crippen molar-refractivity contribution in [2.45, 2.75) is 52.2 Å². The van der Waals surface area contributed by atoms with Gasteiger partial charge in [0.1, 0.15) is 18.2 Å². The van der Waals surface area contributed by atoms with Gasteiger partial charge in [-0.2, -0.15) is 0 Å². The molecule has 4 aromatic rings. The third kappa shape index (κ3) is 5.83. The number of imidazole rings is 1. The van der Waals surface area contributed by atoms with Crippen molar-refractivity contribution in [2.24, 2.45) is 5.92 Å². The normalized spacial score (nSPS) is 15.2. The van der Waals surface area contributed by atoms with Gasteiger partial charge in [-0.15, -0.1) is 0 Å². The van der Waals surface area contributed by atoms with Crippen molar-refractivity contribution in [1.29, 1.82) is 0 Å². The number of likely N-dealkylation sites (tertiary alicyclic amines) is 1. The van der Waals surface area contributed by atoms with Crippen LogP contribution in [0.25, 0.3) is 11.0 Å². The molecule has 1 saturated heterocycles. The fraction of sp³-hybridized carbons (Fsp3) is 0.355. The number of amides is 1. The lowest BCUT2D eigenvalue weighted by molar-refractivity contribution is -0.136. The van der Waals surface area contributed by atoms with Crippen LogP contribution < -0.4 is 4.74 Å². The average Bonchev–Trinajstić information content (AvgIpc) is 3.30. The van der Waals surface area contributed by atoms with Crippen molar-refractivity contribution >= 4 is 28.5 Å². The molecular formula is C31H34ClN3O2. The second kappa shape index (κ2) is 11.4. The van der Waals surface area contributed by atoms with Crippen molar-refractivity contribution in [3.05, 3.63) is 94.8 Å². The van der Waals surface area contributed by atoms with Crippen LogP contribution in [0.1, 0.15) is 49.1 Å². The number of rotatable bonds is 8. The van der Waals surface area contributed by atoms with E-state index in [2.05, 4.69) is 71.8 Å². The molecule has 1 aliphatic rings. The molecule has 37 heavy (non-hydrogen) atoms. The van der Waals surface area contributed by atoms with Gasteiger partial charge >= 0.3 is 0 Å². The second-order valence-corrected chi connectivity index (χ2v) is 10.5. The highest BCUT2D eigenvalue weighted by Crippen LogP contribution is 2.29. The number of carbonyl (C=O) groups is 1. The molecular weight excluding hydrogens is 482 g/mol. The molecule has 0 N–H and O–H groups in total. The summed E-state index contributed by atoms with van der Waals surface area (Å²) >= 11 is 6.01. The number of aryl methyl sites for hydroxylation is 2. The number of ether oxygens (including phenoxy) is 1. The van der Waals surface area contributed by atoms with Gasteiger partial charge < -0.3 is 14.2 Å². The molecule has 1 aliphatic heterocycles. The Kier molecular flexibility index (Phi) is 7.80. The number of benzene rings is 3. The van der Waals surface area contributed by atoms with Crippen molar-refractivity contribution in [1.82, 2.24) is 14.5 Å². The van der Waals surface area contributed by atoms with Gasteiger partial charge in [0.25, 0.3) is 0 Å². The topological polar surface area (TPSA) is 47.4 Å². The van der Waals surface area contributed by atoms with E-state index >= 15 is 0 Å². The third-order valence-electron chi connectivity index (χ3n) is 7.53. The highest BCUT2D eigenvalue weighted by Gasteiger charge is 2.27. The number of carbonyl (C=O) groups excluding carboxylic acids is 1. The number of hydrogen-bond acceptors (Lipinski definition) is 3. The maximum absolute atomic E-state index is 13.3. The predicted octanol–water partition coefficient (Wildman–Crippen LogP) is 7.01. The first-order chi connectivity index (χ1) is 18.0. The minimum atomic E-state index is -0.0550. The Hall–Kier alpha value is -3.31. The molecule has 0 radical (unpaired) electrons. The van der Waals surface area contributed by atoms with E-state index in [4.69, 9.17) is 21.3 Å². The highest BCUT2D eigenvalue weighted by molar-refractivity contribution is 6.30. The number of aromatic nitrogens is 2. The molecule has 0 spiro atoms. The van der Waals surface area contributed by atoms with E-state index in [1.54, 1.807) is 0 Å². The van der Waals surface area contributed by atoms with Crippen LogP contribution in [-0.2, 0) is 17.9 Å². The average molecular weight is 516 g/mol. The van der Waals surface area contributed by atoms with Crippen LogP contribution in [0.5, 0.6) is 5.75 Å².